The molecule has 3 heterocycles. The van der Waals surface area contributed by atoms with Gasteiger partial charge in [-0.25, -0.2) is 9.48 Å². The van der Waals surface area contributed by atoms with Gasteiger partial charge in [0.25, 0.3) is 5.56 Å². The smallest absolute Gasteiger partial charge is 0.330 e. The zero-order valence-corrected chi connectivity index (χ0v) is 20.3. The number of hydrogen-bond donors (Lipinski definition) is 2. The number of aromatic amines is 1. The number of aryl methyl sites for hydroxylation is 2. The predicted molar refractivity (Wildman–Crippen MR) is 127 cm³/mol. The highest BCUT2D eigenvalue weighted by molar-refractivity contribution is 5.75. The van der Waals surface area contributed by atoms with Crippen LogP contribution >= 0.6 is 0 Å². The Kier molecular flexibility index (Phi) is 7.65. The van der Waals surface area contributed by atoms with Crippen molar-refractivity contribution in [2.24, 2.45) is 0 Å². The Labute approximate surface area is 206 Å². The quantitative estimate of drug-likeness (QED) is 0.417. The number of ketones is 1. The van der Waals surface area contributed by atoms with E-state index in [0.29, 0.717) is 42.0 Å². The number of benzene rings is 1. The van der Waals surface area contributed by atoms with Crippen LogP contribution in [0.5, 0.6) is 11.5 Å². The van der Waals surface area contributed by atoms with E-state index >= 15 is 0 Å². The van der Waals surface area contributed by atoms with Gasteiger partial charge in [0.1, 0.15) is 30.4 Å². The Morgan fingerprint density at radius 1 is 1.28 bits per heavy atom. The Morgan fingerprint density at radius 3 is 2.81 bits per heavy atom. The number of carbonyl (C=O) groups is 1. The van der Waals surface area contributed by atoms with Crippen LogP contribution in [0.15, 0.2) is 40.2 Å². The summed E-state index contributed by atoms with van der Waals surface area (Å²) in [6, 6.07) is 5.15. The number of nitrogens with one attached hydrogen (secondary N) is 1. The lowest BCUT2D eigenvalue weighted by Crippen LogP contribution is -2.33. The molecule has 3 aromatic rings. The van der Waals surface area contributed by atoms with E-state index in [2.05, 4.69) is 15.3 Å². The molecule has 3 atom stereocenters. The van der Waals surface area contributed by atoms with Crippen LogP contribution in [0.3, 0.4) is 0 Å². The van der Waals surface area contributed by atoms with Crippen LogP contribution < -0.4 is 20.7 Å². The number of aromatic nitrogens is 5. The van der Waals surface area contributed by atoms with Crippen LogP contribution in [0.25, 0.3) is 0 Å². The number of aliphatic hydroxyl groups excluding tert-OH is 1. The molecule has 0 aliphatic carbocycles. The Morgan fingerprint density at radius 2 is 2.08 bits per heavy atom. The van der Waals surface area contributed by atoms with E-state index in [-0.39, 0.29) is 25.0 Å². The number of rotatable bonds is 10. The summed E-state index contributed by atoms with van der Waals surface area (Å²) in [5.41, 5.74) is 0.872. The van der Waals surface area contributed by atoms with Crippen molar-refractivity contribution in [2.75, 3.05) is 13.7 Å². The first-order valence-corrected chi connectivity index (χ1v) is 11.6. The van der Waals surface area contributed by atoms with Crippen molar-refractivity contribution in [1.29, 1.82) is 0 Å². The fourth-order valence-electron chi connectivity index (χ4n) is 4.13. The molecule has 12 nitrogen and oxygen atoms in total. The molecular formula is C24H29N5O7. The van der Waals surface area contributed by atoms with Gasteiger partial charge >= 0.3 is 5.69 Å². The topological polar surface area (TPSA) is 151 Å². The lowest BCUT2D eigenvalue weighted by atomic mass is 10.1. The minimum absolute atomic E-state index is 0.126. The van der Waals surface area contributed by atoms with Crippen molar-refractivity contribution >= 4 is 5.78 Å². The van der Waals surface area contributed by atoms with Gasteiger partial charge in [-0.1, -0.05) is 11.3 Å². The number of carbonyl (C=O) groups excluding carboxylic acids is 1. The van der Waals surface area contributed by atoms with Gasteiger partial charge in [0.05, 0.1) is 26.0 Å². The average Bonchev–Trinajstić information content (AvgIpc) is 3.50. The molecule has 1 saturated heterocycles. The summed E-state index contributed by atoms with van der Waals surface area (Å²) in [6.07, 6.45) is 3.29. The molecular weight excluding hydrogens is 470 g/mol. The second-order valence-electron chi connectivity index (χ2n) is 8.76. The molecule has 4 rings (SSSR count). The van der Waals surface area contributed by atoms with Crippen molar-refractivity contribution in [3.8, 4) is 11.5 Å². The molecule has 0 radical (unpaired) electrons. The van der Waals surface area contributed by atoms with E-state index in [9.17, 15) is 19.5 Å². The Bertz CT molecular complexity index is 1350. The summed E-state index contributed by atoms with van der Waals surface area (Å²) in [4.78, 5) is 37.5. The van der Waals surface area contributed by atoms with Gasteiger partial charge in [0, 0.05) is 24.6 Å². The van der Waals surface area contributed by atoms with Crippen LogP contribution in [0.1, 0.15) is 48.9 Å². The highest BCUT2D eigenvalue weighted by Crippen LogP contribution is 2.36. The van der Waals surface area contributed by atoms with E-state index in [0.717, 1.165) is 5.56 Å². The third-order valence-corrected chi connectivity index (χ3v) is 6.11. The van der Waals surface area contributed by atoms with E-state index in [4.69, 9.17) is 14.2 Å². The number of nitrogens with zero attached hydrogens (tertiary/aromatic N) is 4. The molecule has 0 bridgehead atoms. The molecule has 2 N–H and O–H groups in total. The van der Waals surface area contributed by atoms with Crippen molar-refractivity contribution in [3.63, 3.8) is 0 Å². The van der Waals surface area contributed by atoms with Crippen LogP contribution in [-0.4, -0.2) is 55.3 Å². The summed E-state index contributed by atoms with van der Waals surface area (Å²) >= 11 is 0. The van der Waals surface area contributed by atoms with E-state index in [1.54, 1.807) is 37.9 Å². The van der Waals surface area contributed by atoms with E-state index in [1.165, 1.54) is 10.8 Å². The molecule has 0 unspecified atom stereocenters. The van der Waals surface area contributed by atoms with Gasteiger partial charge in [-0.2, -0.15) is 0 Å². The largest absolute Gasteiger partial charge is 0.493 e. The van der Waals surface area contributed by atoms with Crippen LogP contribution in [0.2, 0.25) is 0 Å². The van der Waals surface area contributed by atoms with Gasteiger partial charge in [-0.15, -0.1) is 5.10 Å². The van der Waals surface area contributed by atoms with E-state index < -0.39 is 23.6 Å². The minimum atomic E-state index is -0.676. The molecule has 1 aromatic carbocycles. The number of methoxy groups -OCH3 is 1. The maximum Gasteiger partial charge on any atom is 0.330 e. The van der Waals surface area contributed by atoms with Gasteiger partial charge in [-0.3, -0.25) is 14.3 Å². The Hall–Kier alpha value is -3.77. The van der Waals surface area contributed by atoms with Gasteiger partial charge in [-0.05, 0) is 38.0 Å². The molecule has 1 aliphatic rings. The van der Waals surface area contributed by atoms with Crippen molar-refractivity contribution < 1.29 is 24.1 Å². The molecule has 12 heteroatoms. The maximum absolute atomic E-state index is 12.3. The molecule has 192 valence electrons. The lowest BCUT2D eigenvalue weighted by molar-refractivity contribution is -0.116. The van der Waals surface area contributed by atoms with E-state index in [1.807, 2.05) is 12.1 Å². The fourth-order valence-corrected chi connectivity index (χ4v) is 4.13. The zero-order valence-electron chi connectivity index (χ0n) is 20.3. The summed E-state index contributed by atoms with van der Waals surface area (Å²) < 4.78 is 20.1. The molecule has 0 saturated carbocycles. The lowest BCUT2D eigenvalue weighted by Gasteiger charge is -2.15. The van der Waals surface area contributed by atoms with Crippen LogP contribution in [-0.2, 0) is 22.6 Å². The first-order valence-electron chi connectivity index (χ1n) is 11.6. The van der Waals surface area contributed by atoms with Crippen molar-refractivity contribution in [3.05, 3.63) is 68.3 Å². The average molecular weight is 500 g/mol. The molecule has 0 amide bonds. The number of hydrogen-bond acceptors (Lipinski definition) is 9. The fraction of sp³-hybridized carbons (Fsp3) is 0.458. The molecule has 0 spiro atoms. The number of ether oxygens (including phenoxy) is 3. The maximum atomic E-state index is 12.3. The highest BCUT2D eigenvalue weighted by Gasteiger charge is 2.38. The van der Waals surface area contributed by atoms with Crippen LogP contribution in [0, 0.1) is 6.92 Å². The summed E-state index contributed by atoms with van der Waals surface area (Å²) in [6.45, 7) is 3.01. The molecule has 1 fully saturated rings. The standard InChI is InChI=1S/C24H29N5O7/c1-14-10-28(24(33)25-23(14)32)22-9-18(21(12-30)36-22)29-11-17(26-27-29)13-35-19-7-6-16(5-4-15(2)31)8-20(19)34-3/h6-8,10-11,18,21-22,30H,4-5,9,12-13H2,1-3H3,(H,25,32,33)/t18-,21+,22+/m0/s1. The number of H-pyrrole nitrogens is 1. The second-order valence-corrected chi connectivity index (χ2v) is 8.76. The zero-order chi connectivity index (χ0) is 25.8. The van der Waals surface area contributed by atoms with Crippen molar-refractivity contribution in [2.45, 2.75) is 58.1 Å². The van der Waals surface area contributed by atoms with Gasteiger partial charge in [0.2, 0.25) is 0 Å². The molecule has 2 aromatic heterocycles. The van der Waals surface area contributed by atoms with Crippen LogP contribution in [0.4, 0.5) is 0 Å². The van der Waals surface area contributed by atoms with Crippen molar-refractivity contribution in [1.82, 2.24) is 24.5 Å². The Balaban J connectivity index is 1.44. The monoisotopic (exact) mass is 499 g/mol. The predicted octanol–water partition coefficient (Wildman–Crippen LogP) is 1.07. The summed E-state index contributed by atoms with van der Waals surface area (Å²) in [7, 11) is 1.55. The second kappa shape index (κ2) is 10.9. The third kappa shape index (κ3) is 5.55. The number of Topliss-reactive ketones (excluding diaryl/α,β-unsaturated/α-hetero) is 1. The highest BCUT2D eigenvalue weighted by atomic mass is 16.5. The number of aliphatic hydroxyl groups is 1. The minimum Gasteiger partial charge on any atom is -0.493 e. The first kappa shape index (κ1) is 25.3. The first-order chi connectivity index (χ1) is 17.3. The molecule has 36 heavy (non-hydrogen) atoms. The normalized spacial score (nSPS) is 19.4. The summed E-state index contributed by atoms with van der Waals surface area (Å²) in [5, 5.41) is 18.2. The summed E-state index contributed by atoms with van der Waals surface area (Å²) in [5.74, 6) is 1.21. The third-order valence-electron chi connectivity index (χ3n) is 6.11. The van der Waals surface area contributed by atoms with Gasteiger partial charge < -0.3 is 24.1 Å². The SMILES string of the molecule is COc1cc(CCC(C)=O)ccc1OCc1cn([C@H]2C[C@H](n3cc(C)c(=O)[nH]c3=O)O[C@@H]2CO)nn1. The molecule has 1 aliphatic heterocycles. The van der Waals surface area contributed by atoms with Gasteiger partial charge in [0.15, 0.2) is 11.5 Å².